The van der Waals surface area contributed by atoms with Crippen LogP contribution in [0.1, 0.15) is 5.56 Å². The van der Waals surface area contributed by atoms with Crippen molar-refractivity contribution in [3.63, 3.8) is 0 Å². The van der Waals surface area contributed by atoms with Crippen LogP contribution in [-0.4, -0.2) is 76.9 Å². The number of ether oxygens (including phenoxy) is 4. The number of amides is 1. The third-order valence-electron chi connectivity index (χ3n) is 5.35. The van der Waals surface area contributed by atoms with Crippen molar-refractivity contribution in [2.45, 2.75) is 6.54 Å². The summed E-state index contributed by atoms with van der Waals surface area (Å²) < 4.78 is 21.3. The quantitative estimate of drug-likeness (QED) is 0.657. The average molecular weight is 430 g/mol. The van der Waals surface area contributed by atoms with E-state index < -0.39 is 0 Å². The topological polar surface area (TPSA) is 72.5 Å². The zero-order valence-electron chi connectivity index (χ0n) is 18.6. The first-order valence-electron chi connectivity index (χ1n) is 10.2. The Morgan fingerprint density at radius 1 is 0.806 bits per heavy atom. The van der Waals surface area contributed by atoms with Gasteiger partial charge in [-0.15, -0.1) is 0 Å². The molecule has 1 N–H and O–H groups in total. The second-order valence-electron chi connectivity index (χ2n) is 7.38. The van der Waals surface area contributed by atoms with E-state index in [2.05, 4.69) is 15.1 Å². The molecule has 0 radical (unpaired) electrons. The maximum absolute atomic E-state index is 12.5. The van der Waals surface area contributed by atoms with E-state index in [4.69, 9.17) is 18.9 Å². The minimum absolute atomic E-state index is 0.0572. The average Bonchev–Trinajstić information content (AvgIpc) is 2.79. The Morgan fingerprint density at radius 3 is 2.00 bits per heavy atom. The van der Waals surface area contributed by atoms with Crippen molar-refractivity contribution in [1.29, 1.82) is 0 Å². The third-order valence-corrected chi connectivity index (χ3v) is 5.35. The number of piperazine rings is 1. The number of nitrogens with one attached hydrogen (secondary N) is 1. The normalized spacial score (nSPS) is 14.7. The molecule has 2 aromatic rings. The zero-order valence-corrected chi connectivity index (χ0v) is 18.6. The molecular weight excluding hydrogens is 398 g/mol. The van der Waals surface area contributed by atoms with E-state index in [-0.39, 0.29) is 5.91 Å². The van der Waals surface area contributed by atoms with Crippen molar-refractivity contribution in [3.05, 3.63) is 42.0 Å². The summed E-state index contributed by atoms with van der Waals surface area (Å²) in [5.41, 5.74) is 1.75. The number of hydrogen-bond donors (Lipinski definition) is 1. The largest absolute Gasteiger partial charge is 0.497 e. The van der Waals surface area contributed by atoms with Crippen molar-refractivity contribution in [3.8, 4) is 23.0 Å². The van der Waals surface area contributed by atoms with Crippen LogP contribution in [0.15, 0.2) is 36.4 Å². The number of hydrogen-bond acceptors (Lipinski definition) is 7. The van der Waals surface area contributed by atoms with E-state index in [0.29, 0.717) is 23.7 Å². The standard InChI is InChI=1S/C23H31N3O5/c1-28-19-5-6-22(31-4)17(11-19)15-25-7-9-26(10-8-25)16-23(27)24-18-12-20(29-2)14-21(13-18)30-3/h5-6,11-14H,7-10,15-16H2,1-4H3,(H,24,27). The minimum Gasteiger partial charge on any atom is -0.497 e. The van der Waals surface area contributed by atoms with E-state index in [0.717, 1.165) is 49.8 Å². The molecule has 1 fully saturated rings. The molecule has 1 amide bonds. The van der Waals surface area contributed by atoms with Gasteiger partial charge in [-0.1, -0.05) is 0 Å². The van der Waals surface area contributed by atoms with Gasteiger partial charge in [-0.25, -0.2) is 0 Å². The lowest BCUT2D eigenvalue weighted by atomic mass is 10.1. The molecule has 31 heavy (non-hydrogen) atoms. The molecule has 0 atom stereocenters. The van der Waals surface area contributed by atoms with E-state index in [1.54, 1.807) is 46.6 Å². The molecule has 1 heterocycles. The highest BCUT2D eigenvalue weighted by atomic mass is 16.5. The Hall–Kier alpha value is -2.97. The first kappa shape index (κ1) is 22.7. The summed E-state index contributed by atoms with van der Waals surface area (Å²) in [6, 6.07) is 11.2. The Bertz CT molecular complexity index is 859. The lowest BCUT2D eigenvalue weighted by Crippen LogP contribution is -2.48. The lowest BCUT2D eigenvalue weighted by molar-refractivity contribution is -0.117. The predicted molar refractivity (Wildman–Crippen MR) is 119 cm³/mol. The zero-order chi connectivity index (χ0) is 22.2. The van der Waals surface area contributed by atoms with Crippen molar-refractivity contribution >= 4 is 11.6 Å². The SMILES string of the molecule is COc1cc(NC(=O)CN2CCN(Cc3cc(OC)ccc3OC)CC2)cc(OC)c1. The number of nitrogens with zero attached hydrogens (tertiary/aromatic N) is 2. The van der Waals surface area contributed by atoms with Crippen LogP contribution in [0.4, 0.5) is 5.69 Å². The monoisotopic (exact) mass is 429 g/mol. The number of anilines is 1. The number of carbonyl (C=O) groups is 1. The molecule has 0 aromatic heterocycles. The molecule has 8 nitrogen and oxygen atoms in total. The molecule has 2 aromatic carbocycles. The van der Waals surface area contributed by atoms with Gasteiger partial charge in [-0.3, -0.25) is 14.6 Å². The van der Waals surface area contributed by atoms with Crippen molar-refractivity contribution < 1.29 is 23.7 Å². The highest BCUT2D eigenvalue weighted by Crippen LogP contribution is 2.27. The Kier molecular flexibility index (Phi) is 7.97. The van der Waals surface area contributed by atoms with Gasteiger partial charge in [-0.05, 0) is 18.2 Å². The minimum atomic E-state index is -0.0572. The van der Waals surface area contributed by atoms with Gasteiger partial charge in [0.05, 0.1) is 35.0 Å². The van der Waals surface area contributed by atoms with Crippen molar-refractivity contribution in [2.24, 2.45) is 0 Å². The van der Waals surface area contributed by atoms with E-state index >= 15 is 0 Å². The Balaban J connectivity index is 1.51. The van der Waals surface area contributed by atoms with Gasteiger partial charge in [-0.2, -0.15) is 0 Å². The van der Waals surface area contributed by atoms with Crippen LogP contribution in [0.5, 0.6) is 23.0 Å². The van der Waals surface area contributed by atoms with E-state index in [9.17, 15) is 4.79 Å². The maximum Gasteiger partial charge on any atom is 0.238 e. The fraction of sp³-hybridized carbons (Fsp3) is 0.435. The molecule has 0 spiro atoms. The van der Waals surface area contributed by atoms with Crippen LogP contribution < -0.4 is 24.3 Å². The fourth-order valence-electron chi connectivity index (χ4n) is 3.64. The molecule has 0 bridgehead atoms. The molecule has 1 aliphatic rings. The van der Waals surface area contributed by atoms with Crippen LogP contribution in [0.3, 0.4) is 0 Å². The van der Waals surface area contributed by atoms with Crippen molar-refractivity contribution in [1.82, 2.24) is 9.80 Å². The molecule has 3 rings (SSSR count). The molecule has 0 aliphatic carbocycles. The maximum atomic E-state index is 12.5. The van der Waals surface area contributed by atoms with Gasteiger partial charge >= 0.3 is 0 Å². The predicted octanol–water partition coefficient (Wildman–Crippen LogP) is 2.48. The molecule has 1 aliphatic heterocycles. The van der Waals surface area contributed by atoms with E-state index in [1.807, 2.05) is 18.2 Å². The van der Waals surface area contributed by atoms with Gasteiger partial charge in [0.25, 0.3) is 0 Å². The number of rotatable bonds is 9. The number of carbonyl (C=O) groups excluding carboxylic acids is 1. The molecule has 0 unspecified atom stereocenters. The summed E-state index contributed by atoms with van der Waals surface area (Å²) in [7, 11) is 6.51. The molecule has 1 saturated heterocycles. The summed E-state index contributed by atoms with van der Waals surface area (Å²) in [6.07, 6.45) is 0. The van der Waals surface area contributed by atoms with Gasteiger partial charge in [0, 0.05) is 62.2 Å². The number of benzene rings is 2. The summed E-state index contributed by atoms with van der Waals surface area (Å²) in [5.74, 6) is 2.89. The first-order chi connectivity index (χ1) is 15.0. The summed E-state index contributed by atoms with van der Waals surface area (Å²) in [6.45, 7) is 4.52. The number of methoxy groups -OCH3 is 4. The molecule has 8 heteroatoms. The Morgan fingerprint density at radius 2 is 1.42 bits per heavy atom. The third kappa shape index (κ3) is 6.26. The van der Waals surface area contributed by atoms with Crippen LogP contribution >= 0.6 is 0 Å². The smallest absolute Gasteiger partial charge is 0.238 e. The lowest BCUT2D eigenvalue weighted by Gasteiger charge is -2.34. The molecule has 168 valence electrons. The summed E-state index contributed by atoms with van der Waals surface area (Å²) in [5, 5.41) is 2.93. The van der Waals surface area contributed by atoms with Crippen molar-refractivity contribution in [2.75, 3.05) is 66.5 Å². The van der Waals surface area contributed by atoms with Gasteiger partial charge in [0.2, 0.25) is 5.91 Å². The summed E-state index contributed by atoms with van der Waals surface area (Å²) in [4.78, 5) is 17.0. The second-order valence-corrected chi connectivity index (χ2v) is 7.38. The summed E-state index contributed by atoms with van der Waals surface area (Å²) >= 11 is 0. The van der Waals surface area contributed by atoms with Crippen LogP contribution in [0, 0.1) is 0 Å². The van der Waals surface area contributed by atoms with Gasteiger partial charge in [0.15, 0.2) is 0 Å². The second kappa shape index (κ2) is 10.9. The highest BCUT2D eigenvalue weighted by Gasteiger charge is 2.20. The van der Waals surface area contributed by atoms with E-state index in [1.165, 1.54) is 0 Å². The Labute approximate surface area is 183 Å². The molecular formula is C23H31N3O5. The fourth-order valence-corrected chi connectivity index (χ4v) is 3.64. The van der Waals surface area contributed by atoms with Gasteiger partial charge < -0.3 is 24.3 Å². The van der Waals surface area contributed by atoms with Crippen LogP contribution in [-0.2, 0) is 11.3 Å². The van der Waals surface area contributed by atoms with Crippen LogP contribution in [0.2, 0.25) is 0 Å². The van der Waals surface area contributed by atoms with Gasteiger partial charge in [0.1, 0.15) is 23.0 Å². The highest BCUT2D eigenvalue weighted by molar-refractivity contribution is 5.92. The first-order valence-corrected chi connectivity index (χ1v) is 10.2. The molecule has 0 saturated carbocycles. The van der Waals surface area contributed by atoms with Crippen LogP contribution in [0.25, 0.3) is 0 Å².